The molecular formula is C20H24N2O3. The van der Waals surface area contributed by atoms with E-state index in [1.165, 1.54) is 0 Å². The van der Waals surface area contributed by atoms with Crippen molar-refractivity contribution in [1.29, 1.82) is 0 Å². The number of nitrogens with zero attached hydrogens (tertiary/aromatic N) is 2. The Morgan fingerprint density at radius 3 is 2.32 bits per heavy atom. The maximum atomic E-state index is 10.7. The van der Waals surface area contributed by atoms with Gasteiger partial charge in [-0.05, 0) is 49.4 Å². The summed E-state index contributed by atoms with van der Waals surface area (Å²) in [6.07, 6.45) is 2.51. The molecule has 5 nitrogen and oxygen atoms in total. The van der Waals surface area contributed by atoms with E-state index in [1.807, 2.05) is 42.5 Å². The van der Waals surface area contributed by atoms with E-state index in [0.29, 0.717) is 5.92 Å². The van der Waals surface area contributed by atoms with E-state index >= 15 is 0 Å². The van der Waals surface area contributed by atoms with E-state index in [0.717, 1.165) is 50.0 Å². The topological polar surface area (TPSA) is 66.6 Å². The van der Waals surface area contributed by atoms with Crippen molar-refractivity contribution in [2.75, 3.05) is 19.6 Å². The van der Waals surface area contributed by atoms with Crippen molar-refractivity contribution >= 4 is 5.69 Å². The van der Waals surface area contributed by atoms with Crippen LogP contribution in [0, 0.1) is 16.0 Å². The molecule has 1 unspecified atom stereocenters. The van der Waals surface area contributed by atoms with Gasteiger partial charge in [0, 0.05) is 18.7 Å². The Hall–Kier alpha value is -2.24. The van der Waals surface area contributed by atoms with Crippen LogP contribution in [0.5, 0.6) is 0 Å². The minimum absolute atomic E-state index is 0.138. The molecule has 3 rings (SSSR count). The summed E-state index contributed by atoms with van der Waals surface area (Å²) in [6, 6.07) is 16.7. The highest BCUT2D eigenvalue weighted by Crippen LogP contribution is 2.30. The van der Waals surface area contributed by atoms with Gasteiger partial charge in [-0.25, -0.2) is 0 Å². The summed E-state index contributed by atoms with van der Waals surface area (Å²) in [6.45, 7) is 2.93. The molecule has 1 atom stereocenters. The summed E-state index contributed by atoms with van der Waals surface area (Å²) in [5.41, 5.74) is 2.27. The van der Waals surface area contributed by atoms with Gasteiger partial charge in [0.2, 0.25) is 0 Å². The van der Waals surface area contributed by atoms with Crippen molar-refractivity contribution in [3.8, 4) is 0 Å². The Balaban J connectivity index is 1.45. The Morgan fingerprint density at radius 1 is 1.08 bits per heavy atom. The third-order valence-electron chi connectivity index (χ3n) is 5.08. The van der Waals surface area contributed by atoms with Gasteiger partial charge >= 0.3 is 0 Å². The maximum absolute atomic E-state index is 10.7. The van der Waals surface area contributed by atoms with Crippen LogP contribution in [0.3, 0.4) is 0 Å². The van der Waals surface area contributed by atoms with Crippen molar-refractivity contribution < 1.29 is 10.0 Å². The zero-order chi connectivity index (χ0) is 17.6. The van der Waals surface area contributed by atoms with Gasteiger partial charge in [-0.15, -0.1) is 0 Å². The van der Waals surface area contributed by atoms with Crippen LogP contribution in [-0.4, -0.2) is 34.6 Å². The van der Waals surface area contributed by atoms with E-state index < -0.39 is 0 Å². The molecule has 0 aromatic heterocycles. The number of rotatable bonds is 6. The van der Waals surface area contributed by atoms with Crippen LogP contribution >= 0.6 is 0 Å². The lowest BCUT2D eigenvalue weighted by Crippen LogP contribution is -2.36. The molecule has 0 bridgehead atoms. The molecule has 132 valence electrons. The average molecular weight is 340 g/mol. The highest BCUT2D eigenvalue weighted by atomic mass is 16.6. The fraction of sp³-hybridized carbons (Fsp3) is 0.400. The van der Waals surface area contributed by atoms with Crippen LogP contribution in [0.2, 0.25) is 0 Å². The molecule has 1 aliphatic rings. The molecule has 1 aliphatic heterocycles. The van der Waals surface area contributed by atoms with Crippen molar-refractivity contribution in [3.63, 3.8) is 0 Å². The Morgan fingerprint density at radius 2 is 1.72 bits per heavy atom. The molecule has 0 saturated carbocycles. The van der Waals surface area contributed by atoms with Crippen molar-refractivity contribution in [1.82, 2.24) is 4.90 Å². The number of nitro benzene ring substituents is 1. The fourth-order valence-electron chi connectivity index (χ4n) is 3.49. The van der Waals surface area contributed by atoms with Gasteiger partial charge in [0.1, 0.15) is 0 Å². The first-order valence-corrected chi connectivity index (χ1v) is 8.82. The number of hydrogen-bond donors (Lipinski definition) is 1. The summed E-state index contributed by atoms with van der Waals surface area (Å²) in [5, 5.41) is 21.2. The third kappa shape index (κ3) is 4.65. The first kappa shape index (κ1) is 17.6. The Labute approximate surface area is 148 Å². The van der Waals surface area contributed by atoms with Crippen molar-refractivity contribution in [2.45, 2.75) is 25.4 Å². The summed E-state index contributed by atoms with van der Waals surface area (Å²) in [5.74, 6) is 0.318. The lowest BCUT2D eigenvalue weighted by molar-refractivity contribution is -0.384. The van der Waals surface area contributed by atoms with Crippen LogP contribution < -0.4 is 0 Å². The molecule has 0 spiro atoms. The second kappa shape index (κ2) is 8.23. The van der Waals surface area contributed by atoms with Gasteiger partial charge in [0.05, 0.1) is 11.0 Å². The maximum Gasteiger partial charge on any atom is 0.269 e. The molecule has 2 aromatic rings. The molecule has 1 fully saturated rings. The molecule has 0 aliphatic carbocycles. The zero-order valence-corrected chi connectivity index (χ0v) is 14.3. The number of piperidine rings is 1. The SMILES string of the molecule is O=[N+]([O-])c1ccc(CCN2CCC(C(O)c3ccccc3)CC2)cc1. The van der Waals surface area contributed by atoms with E-state index in [4.69, 9.17) is 0 Å². The first-order chi connectivity index (χ1) is 12.1. The predicted molar refractivity (Wildman–Crippen MR) is 97.4 cm³/mol. The third-order valence-corrected chi connectivity index (χ3v) is 5.08. The first-order valence-electron chi connectivity index (χ1n) is 8.82. The number of nitro groups is 1. The molecule has 25 heavy (non-hydrogen) atoms. The van der Waals surface area contributed by atoms with Crippen LogP contribution in [0.25, 0.3) is 0 Å². The minimum Gasteiger partial charge on any atom is -0.388 e. The normalized spacial score (nSPS) is 17.3. The van der Waals surface area contributed by atoms with Gasteiger partial charge < -0.3 is 10.0 Å². The van der Waals surface area contributed by atoms with E-state index in [2.05, 4.69) is 4.90 Å². The van der Waals surface area contributed by atoms with Gasteiger partial charge in [-0.2, -0.15) is 0 Å². The number of aliphatic hydroxyl groups is 1. The minimum atomic E-state index is -0.377. The second-order valence-electron chi connectivity index (χ2n) is 6.71. The summed E-state index contributed by atoms with van der Waals surface area (Å²) in [4.78, 5) is 12.7. The van der Waals surface area contributed by atoms with Gasteiger partial charge in [0.15, 0.2) is 0 Å². The van der Waals surface area contributed by atoms with Crippen molar-refractivity contribution in [2.24, 2.45) is 5.92 Å². The molecule has 2 aromatic carbocycles. The molecule has 0 radical (unpaired) electrons. The Bertz CT molecular complexity index is 680. The molecule has 1 saturated heterocycles. The lowest BCUT2D eigenvalue weighted by atomic mass is 9.87. The zero-order valence-electron chi connectivity index (χ0n) is 14.3. The van der Waals surface area contributed by atoms with E-state index in [9.17, 15) is 15.2 Å². The number of likely N-dealkylation sites (tertiary alicyclic amines) is 1. The number of benzene rings is 2. The van der Waals surface area contributed by atoms with Crippen LogP contribution in [0.4, 0.5) is 5.69 Å². The smallest absolute Gasteiger partial charge is 0.269 e. The second-order valence-corrected chi connectivity index (χ2v) is 6.71. The summed E-state index contributed by atoms with van der Waals surface area (Å²) >= 11 is 0. The van der Waals surface area contributed by atoms with Crippen LogP contribution in [-0.2, 0) is 6.42 Å². The molecule has 1 N–H and O–H groups in total. The number of hydrogen-bond acceptors (Lipinski definition) is 4. The van der Waals surface area contributed by atoms with E-state index in [1.54, 1.807) is 12.1 Å². The Kier molecular flexibility index (Phi) is 5.79. The number of non-ortho nitro benzene ring substituents is 1. The quantitative estimate of drug-likeness (QED) is 0.645. The summed E-state index contributed by atoms with van der Waals surface area (Å²) < 4.78 is 0. The highest BCUT2D eigenvalue weighted by molar-refractivity contribution is 5.32. The highest BCUT2D eigenvalue weighted by Gasteiger charge is 2.25. The predicted octanol–water partition coefficient (Wildman–Crippen LogP) is 3.58. The van der Waals surface area contributed by atoms with Crippen LogP contribution in [0.1, 0.15) is 30.1 Å². The monoisotopic (exact) mass is 340 g/mol. The number of aliphatic hydroxyl groups excluding tert-OH is 1. The van der Waals surface area contributed by atoms with Gasteiger partial charge in [-0.1, -0.05) is 42.5 Å². The van der Waals surface area contributed by atoms with Gasteiger partial charge in [-0.3, -0.25) is 10.1 Å². The largest absolute Gasteiger partial charge is 0.388 e. The van der Waals surface area contributed by atoms with Crippen LogP contribution in [0.15, 0.2) is 54.6 Å². The lowest BCUT2D eigenvalue weighted by Gasteiger charge is -2.34. The molecular weight excluding hydrogens is 316 g/mol. The molecule has 1 heterocycles. The average Bonchev–Trinajstić information content (AvgIpc) is 2.67. The standard InChI is InChI=1S/C20H24N2O3/c23-20(17-4-2-1-3-5-17)18-11-14-21(15-12-18)13-10-16-6-8-19(9-7-16)22(24)25/h1-9,18,20,23H,10-15H2. The van der Waals surface area contributed by atoms with Crippen molar-refractivity contribution in [3.05, 3.63) is 75.8 Å². The molecule has 0 amide bonds. The van der Waals surface area contributed by atoms with E-state index in [-0.39, 0.29) is 16.7 Å². The van der Waals surface area contributed by atoms with Gasteiger partial charge in [0.25, 0.3) is 5.69 Å². The summed E-state index contributed by atoms with van der Waals surface area (Å²) in [7, 11) is 0. The molecule has 5 heteroatoms. The fourth-order valence-corrected chi connectivity index (χ4v) is 3.49.